The van der Waals surface area contributed by atoms with Crippen LogP contribution in [0.2, 0.25) is 0 Å². The van der Waals surface area contributed by atoms with Gasteiger partial charge in [-0.3, -0.25) is 23.5 Å². The minimum atomic E-state index is -0.613. The van der Waals surface area contributed by atoms with Gasteiger partial charge in [0, 0.05) is 29.9 Å². The Hall–Kier alpha value is -3.80. The number of fused-ring (bicyclic) bond motifs is 2. The number of pyridine rings is 1. The largest absolute Gasteiger partial charge is 0.353 e. The summed E-state index contributed by atoms with van der Waals surface area (Å²) in [6.45, 7) is 0.168. The van der Waals surface area contributed by atoms with E-state index < -0.39 is 11.4 Å². The van der Waals surface area contributed by atoms with Gasteiger partial charge in [0.25, 0.3) is 11.1 Å². The first-order valence-corrected chi connectivity index (χ1v) is 15.2. The number of halogens is 1. The average Bonchev–Trinajstić information content (AvgIpc) is 2.99. The molecular formula is C29H31FN6O4S. The summed E-state index contributed by atoms with van der Waals surface area (Å²) in [4.78, 5) is 56.8. The monoisotopic (exact) mass is 578 g/mol. The van der Waals surface area contributed by atoms with Crippen molar-refractivity contribution in [2.45, 2.75) is 69.6 Å². The Morgan fingerprint density at radius 1 is 0.927 bits per heavy atom. The van der Waals surface area contributed by atoms with Crippen molar-refractivity contribution in [3.05, 3.63) is 79.7 Å². The third-order valence-electron chi connectivity index (χ3n) is 8.22. The number of hydrogen-bond acceptors (Lipinski definition) is 7. The summed E-state index contributed by atoms with van der Waals surface area (Å²) in [6, 6.07) is 7.84. The minimum Gasteiger partial charge on any atom is -0.353 e. The number of hydrogen-bond donors (Lipinski definition) is 1. The van der Waals surface area contributed by atoms with Gasteiger partial charge in [-0.1, -0.05) is 18.2 Å². The maximum Gasteiger partial charge on any atom is 0.333 e. The highest BCUT2D eigenvalue weighted by molar-refractivity contribution is 7.99. The second-order valence-corrected chi connectivity index (χ2v) is 12.0. The highest BCUT2D eigenvalue weighted by atomic mass is 32.2. The number of amides is 1. The molecule has 214 valence electrons. The topological polar surface area (TPSA) is 121 Å². The van der Waals surface area contributed by atoms with Crippen LogP contribution in [0.15, 0.2) is 57.1 Å². The predicted octanol–water partition coefficient (Wildman–Crippen LogP) is 3.17. The molecule has 2 fully saturated rings. The van der Waals surface area contributed by atoms with Crippen LogP contribution in [0.5, 0.6) is 0 Å². The first-order valence-electron chi connectivity index (χ1n) is 14.0. The predicted molar refractivity (Wildman–Crippen MR) is 156 cm³/mol. The number of carbonyl (C=O) groups is 1. The molecule has 0 radical (unpaired) electrons. The van der Waals surface area contributed by atoms with E-state index in [1.807, 2.05) is 23.9 Å². The SMILES string of the molecule is O=C(CCn1ncc2ccccc2c1=O)N[C@H]1CC[C@@H](n2c(=O)c3cc(F)cnc3n(C3CCSCC3)c2=O)CC1. The van der Waals surface area contributed by atoms with Crippen molar-refractivity contribution in [2.75, 3.05) is 11.5 Å². The number of nitrogens with one attached hydrogen (secondary N) is 1. The van der Waals surface area contributed by atoms with Crippen molar-refractivity contribution >= 4 is 39.5 Å². The van der Waals surface area contributed by atoms with E-state index in [0.717, 1.165) is 35.9 Å². The zero-order valence-electron chi connectivity index (χ0n) is 22.5. The fourth-order valence-corrected chi connectivity index (χ4v) is 7.15. The van der Waals surface area contributed by atoms with Crippen LogP contribution in [0.25, 0.3) is 21.8 Å². The Morgan fingerprint density at radius 3 is 2.44 bits per heavy atom. The molecule has 1 aliphatic heterocycles. The Labute approximate surface area is 238 Å². The van der Waals surface area contributed by atoms with E-state index in [2.05, 4.69) is 15.4 Å². The van der Waals surface area contributed by atoms with Crippen molar-refractivity contribution in [2.24, 2.45) is 0 Å². The second kappa shape index (κ2) is 11.6. The molecule has 1 aliphatic carbocycles. The molecule has 2 aliphatic rings. The molecule has 0 atom stereocenters. The molecule has 4 heterocycles. The van der Waals surface area contributed by atoms with Crippen LogP contribution in [-0.2, 0) is 11.3 Å². The molecule has 4 aromatic rings. The molecule has 0 unspecified atom stereocenters. The van der Waals surface area contributed by atoms with Gasteiger partial charge in [-0.15, -0.1) is 0 Å². The van der Waals surface area contributed by atoms with Crippen molar-refractivity contribution < 1.29 is 9.18 Å². The highest BCUT2D eigenvalue weighted by Gasteiger charge is 2.29. The molecule has 6 rings (SSSR count). The lowest BCUT2D eigenvalue weighted by molar-refractivity contribution is -0.122. The first-order chi connectivity index (χ1) is 19.9. The van der Waals surface area contributed by atoms with Crippen LogP contribution in [0, 0.1) is 5.82 Å². The number of aryl methyl sites for hydroxylation is 1. The van der Waals surface area contributed by atoms with Gasteiger partial charge >= 0.3 is 5.69 Å². The summed E-state index contributed by atoms with van der Waals surface area (Å²) in [5.74, 6) is 1.03. The summed E-state index contributed by atoms with van der Waals surface area (Å²) in [7, 11) is 0. The van der Waals surface area contributed by atoms with Crippen molar-refractivity contribution in [3.63, 3.8) is 0 Å². The lowest BCUT2D eigenvalue weighted by Crippen LogP contribution is -2.46. The number of rotatable bonds is 6. The number of carbonyl (C=O) groups excluding carboxylic acids is 1. The van der Waals surface area contributed by atoms with E-state index in [1.54, 1.807) is 22.9 Å². The van der Waals surface area contributed by atoms with Gasteiger partial charge in [-0.25, -0.2) is 18.9 Å². The summed E-state index contributed by atoms with van der Waals surface area (Å²) >= 11 is 1.83. The standard InChI is InChI=1S/C29H31FN6O4S/c30-19-15-24-26(31-17-19)35(22-10-13-41-14-11-22)29(40)36(28(24)39)21-7-5-20(6-8-21)33-25(37)9-12-34-27(38)23-4-2-1-3-18(23)16-32-34/h1-4,15-17,20-22H,5-14H2,(H,33,37)/t20-,21+. The van der Waals surface area contributed by atoms with Gasteiger partial charge in [0.2, 0.25) is 5.91 Å². The molecule has 1 N–H and O–H groups in total. The molecule has 10 nitrogen and oxygen atoms in total. The summed E-state index contributed by atoms with van der Waals surface area (Å²) < 4.78 is 18.3. The number of nitrogens with zero attached hydrogens (tertiary/aromatic N) is 5. The van der Waals surface area contributed by atoms with Gasteiger partial charge in [-0.05, 0) is 62.2 Å². The van der Waals surface area contributed by atoms with Crippen LogP contribution in [0.3, 0.4) is 0 Å². The molecule has 1 aromatic carbocycles. The maximum atomic E-state index is 14.1. The van der Waals surface area contributed by atoms with Crippen molar-refractivity contribution in [3.8, 4) is 0 Å². The molecule has 41 heavy (non-hydrogen) atoms. The van der Waals surface area contributed by atoms with E-state index in [-0.39, 0.29) is 59.3 Å². The Kier molecular flexibility index (Phi) is 7.74. The van der Waals surface area contributed by atoms with E-state index in [9.17, 15) is 23.6 Å². The van der Waals surface area contributed by atoms with Crippen LogP contribution >= 0.6 is 11.8 Å². The minimum absolute atomic E-state index is 0.0868. The quantitative estimate of drug-likeness (QED) is 0.373. The van der Waals surface area contributed by atoms with Gasteiger partial charge in [-0.2, -0.15) is 16.9 Å². The fourth-order valence-electron chi connectivity index (χ4n) is 6.07. The molecule has 1 amide bonds. The normalized spacial score (nSPS) is 19.9. The molecule has 0 bridgehead atoms. The smallest absolute Gasteiger partial charge is 0.333 e. The van der Waals surface area contributed by atoms with E-state index in [1.165, 1.54) is 15.3 Å². The zero-order valence-corrected chi connectivity index (χ0v) is 23.3. The fraction of sp³-hybridized carbons (Fsp3) is 0.448. The van der Waals surface area contributed by atoms with Gasteiger partial charge in [0.15, 0.2) is 0 Å². The number of benzene rings is 1. The molecule has 0 spiro atoms. The van der Waals surface area contributed by atoms with Crippen LogP contribution in [-0.4, -0.2) is 47.4 Å². The summed E-state index contributed by atoms with van der Waals surface area (Å²) in [5, 5.41) is 8.65. The van der Waals surface area contributed by atoms with Crippen molar-refractivity contribution in [1.82, 2.24) is 29.2 Å². The number of thioether (sulfide) groups is 1. The average molecular weight is 579 g/mol. The first kappa shape index (κ1) is 27.4. The molecule has 1 saturated heterocycles. The summed E-state index contributed by atoms with van der Waals surface area (Å²) in [6.07, 6.45) is 6.61. The van der Waals surface area contributed by atoms with E-state index >= 15 is 0 Å². The van der Waals surface area contributed by atoms with Gasteiger partial charge in [0.05, 0.1) is 29.7 Å². The van der Waals surface area contributed by atoms with Crippen molar-refractivity contribution in [1.29, 1.82) is 0 Å². The highest BCUT2D eigenvalue weighted by Crippen LogP contribution is 2.30. The molecule has 12 heteroatoms. The van der Waals surface area contributed by atoms with Crippen LogP contribution in [0.1, 0.15) is 57.0 Å². The van der Waals surface area contributed by atoms with Crippen LogP contribution < -0.4 is 22.1 Å². The van der Waals surface area contributed by atoms with E-state index in [0.29, 0.717) is 31.1 Å². The molecule has 3 aromatic heterocycles. The van der Waals surface area contributed by atoms with Crippen LogP contribution in [0.4, 0.5) is 4.39 Å². The van der Waals surface area contributed by atoms with Gasteiger partial charge in [0.1, 0.15) is 11.5 Å². The second-order valence-electron chi connectivity index (χ2n) is 10.8. The number of aromatic nitrogens is 5. The Balaban J connectivity index is 1.15. The lowest BCUT2D eigenvalue weighted by Gasteiger charge is -2.31. The third kappa shape index (κ3) is 5.44. The Morgan fingerprint density at radius 2 is 1.66 bits per heavy atom. The van der Waals surface area contributed by atoms with E-state index in [4.69, 9.17) is 0 Å². The maximum absolute atomic E-state index is 14.1. The molecular weight excluding hydrogens is 547 g/mol. The zero-order chi connectivity index (χ0) is 28.5. The molecule has 1 saturated carbocycles. The summed E-state index contributed by atoms with van der Waals surface area (Å²) in [5.41, 5.74) is -0.890. The Bertz CT molecular complexity index is 1790. The third-order valence-corrected chi connectivity index (χ3v) is 9.27. The lowest BCUT2D eigenvalue weighted by atomic mass is 9.90. The van der Waals surface area contributed by atoms with Gasteiger partial charge < -0.3 is 5.32 Å².